The second-order valence-electron chi connectivity index (χ2n) is 3.58. The number of esters is 1. The smallest absolute Gasteiger partial charge is 0.463 e. The van der Waals surface area contributed by atoms with Crippen molar-refractivity contribution in [1.29, 1.82) is 0 Å². The summed E-state index contributed by atoms with van der Waals surface area (Å²) in [7, 11) is -3.58. The first kappa shape index (κ1) is 14.2. The molecule has 1 heterocycles. The minimum absolute atomic E-state index is 0.140. The first-order chi connectivity index (χ1) is 7.95. The molecule has 0 spiro atoms. The molecule has 0 aliphatic carbocycles. The minimum atomic E-state index is -3.58. The van der Waals surface area contributed by atoms with Gasteiger partial charge in [0.05, 0.1) is 25.4 Å². The van der Waals surface area contributed by atoms with E-state index in [4.69, 9.17) is 13.6 Å². The van der Waals surface area contributed by atoms with E-state index in [1.807, 2.05) is 0 Å². The second kappa shape index (κ2) is 6.19. The molecule has 0 N–H and O–H groups in total. The van der Waals surface area contributed by atoms with Gasteiger partial charge in [-0.3, -0.25) is 9.05 Å². The van der Waals surface area contributed by atoms with Crippen LogP contribution in [0.4, 0.5) is 0 Å². The molecule has 1 aliphatic rings. The van der Waals surface area contributed by atoms with E-state index in [9.17, 15) is 9.36 Å². The SMILES string of the molecule is CCOC(=O)/C=C(\C)OP1(=O)OCCC(C)O1. The molecule has 0 radical (unpaired) electrons. The van der Waals surface area contributed by atoms with Gasteiger partial charge in [0.2, 0.25) is 0 Å². The van der Waals surface area contributed by atoms with Gasteiger partial charge in [0.15, 0.2) is 0 Å². The molecular weight excluding hydrogens is 247 g/mol. The molecule has 7 heteroatoms. The third-order valence-corrected chi connectivity index (χ3v) is 3.57. The van der Waals surface area contributed by atoms with Gasteiger partial charge in [0.25, 0.3) is 0 Å². The van der Waals surface area contributed by atoms with Crippen molar-refractivity contribution in [3.63, 3.8) is 0 Å². The van der Waals surface area contributed by atoms with Gasteiger partial charge in [-0.25, -0.2) is 9.36 Å². The lowest BCUT2D eigenvalue weighted by molar-refractivity contribution is -0.137. The van der Waals surface area contributed by atoms with Gasteiger partial charge in [-0.1, -0.05) is 0 Å². The molecule has 0 aromatic heterocycles. The molecule has 0 saturated carbocycles. The Morgan fingerprint density at radius 2 is 2.29 bits per heavy atom. The normalized spacial score (nSPS) is 29.8. The zero-order valence-corrected chi connectivity index (χ0v) is 11.1. The van der Waals surface area contributed by atoms with Gasteiger partial charge in [0.1, 0.15) is 5.76 Å². The zero-order valence-electron chi connectivity index (χ0n) is 10.2. The van der Waals surface area contributed by atoms with Crippen molar-refractivity contribution in [2.24, 2.45) is 0 Å². The third-order valence-electron chi connectivity index (χ3n) is 1.95. The van der Waals surface area contributed by atoms with Crippen LogP contribution in [0.5, 0.6) is 0 Å². The van der Waals surface area contributed by atoms with Crippen LogP contribution in [0, 0.1) is 0 Å². The molecule has 98 valence electrons. The van der Waals surface area contributed by atoms with Gasteiger partial charge in [-0.15, -0.1) is 0 Å². The fourth-order valence-corrected chi connectivity index (χ4v) is 2.67. The summed E-state index contributed by atoms with van der Waals surface area (Å²) >= 11 is 0. The van der Waals surface area contributed by atoms with Gasteiger partial charge < -0.3 is 9.26 Å². The lowest BCUT2D eigenvalue weighted by atomic mass is 10.3. The second-order valence-corrected chi connectivity index (χ2v) is 5.13. The van der Waals surface area contributed by atoms with E-state index in [1.165, 1.54) is 6.92 Å². The van der Waals surface area contributed by atoms with Crippen molar-refractivity contribution in [2.45, 2.75) is 33.3 Å². The van der Waals surface area contributed by atoms with Gasteiger partial charge in [-0.2, -0.15) is 0 Å². The predicted molar refractivity (Wildman–Crippen MR) is 60.2 cm³/mol. The van der Waals surface area contributed by atoms with Crippen LogP contribution in [0.2, 0.25) is 0 Å². The summed E-state index contributed by atoms with van der Waals surface area (Å²) in [6.07, 6.45) is 1.58. The van der Waals surface area contributed by atoms with Crippen molar-refractivity contribution in [3.8, 4) is 0 Å². The van der Waals surface area contributed by atoms with E-state index in [1.54, 1.807) is 13.8 Å². The van der Waals surface area contributed by atoms with Crippen LogP contribution in [0.3, 0.4) is 0 Å². The van der Waals surface area contributed by atoms with Crippen LogP contribution in [-0.2, 0) is 27.7 Å². The number of carbonyl (C=O) groups excluding carboxylic acids is 1. The Hall–Kier alpha value is -0.840. The van der Waals surface area contributed by atoms with Gasteiger partial charge in [-0.05, 0) is 27.2 Å². The molecule has 1 saturated heterocycles. The Kier molecular flexibility index (Phi) is 5.18. The number of phosphoric ester groups is 1. The van der Waals surface area contributed by atoms with Crippen LogP contribution in [-0.4, -0.2) is 25.3 Å². The molecular formula is C10H17O6P. The number of rotatable bonds is 4. The quantitative estimate of drug-likeness (QED) is 0.336. The standard InChI is InChI=1S/C10H17O6P/c1-4-13-10(11)7-9(3)16-17(12)14-6-5-8(2)15-17/h7-8H,4-6H2,1-3H3/b9-7+. The van der Waals surface area contributed by atoms with Crippen LogP contribution in [0.15, 0.2) is 11.8 Å². The summed E-state index contributed by atoms with van der Waals surface area (Å²) in [5.41, 5.74) is 0. The Bertz CT molecular complexity index is 351. The van der Waals surface area contributed by atoms with Crippen LogP contribution < -0.4 is 0 Å². The average Bonchev–Trinajstić information content (AvgIpc) is 2.15. The lowest BCUT2D eigenvalue weighted by Crippen LogP contribution is -2.18. The monoisotopic (exact) mass is 264 g/mol. The Morgan fingerprint density at radius 1 is 1.59 bits per heavy atom. The first-order valence-electron chi connectivity index (χ1n) is 5.43. The number of ether oxygens (including phenoxy) is 1. The zero-order chi connectivity index (χ0) is 12.9. The highest BCUT2D eigenvalue weighted by Gasteiger charge is 2.35. The Labute approximate surface area is 100 Å². The third kappa shape index (κ3) is 4.89. The maximum absolute atomic E-state index is 11.9. The molecule has 1 rings (SSSR count). The summed E-state index contributed by atoms with van der Waals surface area (Å²) in [5.74, 6) is -0.414. The highest BCUT2D eigenvalue weighted by molar-refractivity contribution is 7.48. The predicted octanol–water partition coefficient (Wildman–Crippen LogP) is 2.40. The summed E-state index contributed by atoms with van der Waals surface area (Å²) in [5, 5.41) is 0. The molecule has 2 unspecified atom stereocenters. The highest BCUT2D eigenvalue weighted by atomic mass is 31.2. The first-order valence-corrected chi connectivity index (χ1v) is 6.89. The van der Waals surface area contributed by atoms with Gasteiger partial charge >= 0.3 is 13.8 Å². The summed E-state index contributed by atoms with van der Waals surface area (Å²) < 4.78 is 31.7. The maximum atomic E-state index is 11.9. The van der Waals surface area contributed by atoms with Crippen molar-refractivity contribution >= 4 is 13.8 Å². The number of phosphoric acid groups is 1. The lowest BCUT2D eigenvalue weighted by Gasteiger charge is -2.26. The highest BCUT2D eigenvalue weighted by Crippen LogP contribution is 2.54. The summed E-state index contributed by atoms with van der Waals surface area (Å²) in [4.78, 5) is 11.1. The van der Waals surface area contributed by atoms with E-state index in [2.05, 4.69) is 4.74 Å². The molecule has 0 amide bonds. The number of allylic oxidation sites excluding steroid dienone is 1. The van der Waals surface area contributed by atoms with Crippen LogP contribution in [0.25, 0.3) is 0 Å². The fraction of sp³-hybridized carbons (Fsp3) is 0.700. The van der Waals surface area contributed by atoms with E-state index >= 15 is 0 Å². The molecule has 0 aromatic rings. The Balaban J connectivity index is 2.57. The maximum Gasteiger partial charge on any atom is 0.530 e. The number of hydrogen-bond acceptors (Lipinski definition) is 6. The Morgan fingerprint density at radius 3 is 2.88 bits per heavy atom. The van der Waals surface area contributed by atoms with Crippen LogP contribution >= 0.6 is 7.82 Å². The summed E-state index contributed by atoms with van der Waals surface area (Å²) in [6, 6.07) is 0. The van der Waals surface area contributed by atoms with Crippen molar-refractivity contribution < 1.29 is 27.7 Å². The van der Waals surface area contributed by atoms with E-state index in [0.717, 1.165) is 6.08 Å². The molecule has 1 aliphatic heterocycles. The van der Waals surface area contributed by atoms with E-state index in [0.29, 0.717) is 13.0 Å². The van der Waals surface area contributed by atoms with Crippen LogP contribution in [0.1, 0.15) is 27.2 Å². The topological polar surface area (TPSA) is 71.1 Å². The largest absolute Gasteiger partial charge is 0.530 e. The number of hydrogen-bond donors (Lipinski definition) is 0. The molecule has 6 nitrogen and oxygen atoms in total. The molecule has 17 heavy (non-hydrogen) atoms. The summed E-state index contributed by atoms with van der Waals surface area (Å²) in [6.45, 7) is 5.54. The number of carbonyl (C=O) groups is 1. The molecule has 2 atom stereocenters. The van der Waals surface area contributed by atoms with E-state index < -0.39 is 13.8 Å². The van der Waals surface area contributed by atoms with Crippen molar-refractivity contribution in [1.82, 2.24) is 0 Å². The minimum Gasteiger partial charge on any atom is -0.463 e. The molecule has 1 fully saturated rings. The molecule has 0 bridgehead atoms. The van der Waals surface area contributed by atoms with E-state index in [-0.39, 0.29) is 18.5 Å². The molecule has 0 aromatic carbocycles. The fourth-order valence-electron chi connectivity index (χ4n) is 1.23. The van der Waals surface area contributed by atoms with Gasteiger partial charge in [0, 0.05) is 0 Å². The van der Waals surface area contributed by atoms with Crippen molar-refractivity contribution in [3.05, 3.63) is 11.8 Å². The average molecular weight is 264 g/mol. The van der Waals surface area contributed by atoms with Crippen molar-refractivity contribution in [2.75, 3.05) is 13.2 Å².